The molecule has 1 aliphatic rings. The predicted octanol–water partition coefficient (Wildman–Crippen LogP) is 3.65. The largest absolute Gasteiger partial charge is 0.497 e. The fourth-order valence-corrected chi connectivity index (χ4v) is 5.06. The average Bonchev–Trinajstić information content (AvgIpc) is 2.87. The number of nitrogens with zero attached hydrogens (tertiary/aromatic N) is 6. The molecule has 1 unspecified atom stereocenters. The number of hydrogen-bond acceptors (Lipinski definition) is 7. The Morgan fingerprint density at radius 2 is 1.88 bits per heavy atom. The normalized spacial score (nSPS) is 19.7. The van der Waals surface area contributed by atoms with Crippen molar-refractivity contribution in [3.05, 3.63) is 58.1 Å². The van der Waals surface area contributed by atoms with Crippen LogP contribution in [0.5, 0.6) is 5.75 Å². The molecule has 1 saturated heterocycles. The topological polar surface area (TPSA) is 87.3 Å². The van der Waals surface area contributed by atoms with E-state index in [9.17, 15) is 10.1 Å². The molecule has 34 heavy (non-hydrogen) atoms. The molecule has 0 radical (unpaired) electrons. The van der Waals surface area contributed by atoms with Crippen LogP contribution in [0.3, 0.4) is 0 Å². The van der Waals surface area contributed by atoms with Crippen molar-refractivity contribution < 1.29 is 4.74 Å². The third kappa shape index (κ3) is 4.24. The minimum Gasteiger partial charge on any atom is -0.497 e. The molecule has 0 bridgehead atoms. The Hall–Kier alpha value is -3.44. The molecule has 1 aromatic carbocycles. The summed E-state index contributed by atoms with van der Waals surface area (Å²) in [4.78, 5) is 26.4. The van der Waals surface area contributed by atoms with Gasteiger partial charge in [0.15, 0.2) is 5.82 Å². The van der Waals surface area contributed by atoms with Gasteiger partial charge in [-0.2, -0.15) is 10.2 Å². The number of rotatable bonds is 6. The lowest BCUT2D eigenvalue weighted by molar-refractivity contribution is 0.0939. The standard InChI is InChI=1S/C26H32N6O2/c1-6-20-16-31(25-24-23(30(4)26(33)29-25)13-10-19(14-27)28-24)17(3)15-32(20)22(7-2)18-8-11-21(34-5)12-9-18/h8-13,17,20,22H,6-7,15-16H2,1-5H3/t17-,20+,22?/m0/s1. The van der Waals surface area contributed by atoms with Gasteiger partial charge < -0.3 is 9.64 Å². The second-order valence-electron chi connectivity index (χ2n) is 8.91. The number of aromatic nitrogens is 3. The molecular formula is C26H32N6O2. The summed E-state index contributed by atoms with van der Waals surface area (Å²) in [6.45, 7) is 8.16. The van der Waals surface area contributed by atoms with Gasteiger partial charge in [-0.25, -0.2) is 9.78 Å². The first-order valence-corrected chi connectivity index (χ1v) is 11.9. The Bertz CT molecular complexity index is 1260. The van der Waals surface area contributed by atoms with E-state index in [1.165, 1.54) is 10.1 Å². The highest BCUT2D eigenvalue weighted by Gasteiger charge is 2.36. The zero-order valence-electron chi connectivity index (χ0n) is 20.5. The number of aryl methyl sites for hydroxylation is 1. The van der Waals surface area contributed by atoms with Crippen LogP contribution >= 0.6 is 0 Å². The van der Waals surface area contributed by atoms with Gasteiger partial charge in [0.1, 0.15) is 23.0 Å². The second kappa shape index (κ2) is 9.82. The molecule has 4 rings (SSSR count). The van der Waals surface area contributed by atoms with Gasteiger partial charge in [0.05, 0.1) is 12.6 Å². The lowest BCUT2D eigenvalue weighted by Gasteiger charge is -2.49. The molecule has 2 aromatic heterocycles. The summed E-state index contributed by atoms with van der Waals surface area (Å²) in [7, 11) is 3.37. The molecule has 3 heterocycles. The molecule has 3 atom stereocenters. The van der Waals surface area contributed by atoms with Crippen LogP contribution in [0.2, 0.25) is 0 Å². The van der Waals surface area contributed by atoms with Crippen molar-refractivity contribution in [3.8, 4) is 11.8 Å². The minimum atomic E-state index is -0.318. The summed E-state index contributed by atoms with van der Waals surface area (Å²) in [5, 5.41) is 9.39. The predicted molar refractivity (Wildman–Crippen MR) is 133 cm³/mol. The summed E-state index contributed by atoms with van der Waals surface area (Å²) in [5.74, 6) is 1.43. The van der Waals surface area contributed by atoms with Gasteiger partial charge in [0.2, 0.25) is 0 Å². The molecule has 0 amide bonds. The molecule has 0 spiro atoms. The highest BCUT2D eigenvalue weighted by atomic mass is 16.5. The van der Waals surface area contributed by atoms with E-state index >= 15 is 0 Å². The van der Waals surface area contributed by atoms with E-state index in [1.807, 2.05) is 12.1 Å². The number of anilines is 1. The van der Waals surface area contributed by atoms with Crippen molar-refractivity contribution in [1.82, 2.24) is 19.4 Å². The summed E-state index contributed by atoms with van der Waals surface area (Å²) in [5.41, 5.74) is 2.55. The van der Waals surface area contributed by atoms with Crippen LogP contribution in [0.25, 0.3) is 11.0 Å². The fourth-order valence-electron chi connectivity index (χ4n) is 5.06. The Kier molecular flexibility index (Phi) is 6.85. The SMILES string of the molecule is CCC(c1ccc(OC)cc1)N1C[C@H](C)N(c2nc(=O)n(C)c3ccc(C#N)nc23)C[C@H]1CC. The maximum Gasteiger partial charge on any atom is 0.349 e. The number of benzene rings is 1. The van der Waals surface area contributed by atoms with Gasteiger partial charge in [-0.3, -0.25) is 9.47 Å². The Labute approximate surface area is 200 Å². The van der Waals surface area contributed by atoms with Crippen molar-refractivity contribution in [2.75, 3.05) is 25.1 Å². The van der Waals surface area contributed by atoms with Gasteiger partial charge in [0.25, 0.3) is 0 Å². The van der Waals surface area contributed by atoms with Crippen molar-refractivity contribution in [2.24, 2.45) is 7.05 Å². The molecule has 1 fully saturated rings. The molecule has 1 aliphatic heterocycles. The summed E-state index contributed by atoms with van der Waals surface area (Å²) >= 11 is 0. The minimum absolute atomic E-state index is 0.116. The Morgan fingerprint density at radius 1 is 1.15 bits per heavy atom. The maximum absolute atomic E-state index is 12.7. The average molecular weight is 461 g/mol. The van der Waals surface area contributed by atoms with E-state index in [4.69, 9.17) is 4.74 Å². The molecule has 0 aliphatic carbocycles. The first kappa shape index (κ1) is 23.7. The zero-order chi connectivity index (χ0) is 24.4. The van der Waals surface area contributed by atoms with E-state index < -0.39 is 0 Å². The van der Waals surface area contributed by atoms with Gasteiger partial charge in [-0.1, -0.05) is 26.0 Å². The third-order valence-corrected chi connectivity index (χ3v) is 6.96. The van der Waals surface area contributed by atoms with Crippen molar-refractivity contribution in [3.63, 3.8) is 0 Å². The molecule has 0 N–H and O–H groups in total. The summed E-state index contributed by atoms with van der Waals surface area (Å²) in [6, 6.07) is 14.6. The first-order chi connectivity index (χ1) is 16.4. The number of pyridine rings is 1. The lowest BCUT2D eigenvalue weighted by Crippen LogP contribution is -2.58. The quantitative estimate of drug-likeness (QED) is 0.555. The number of ether oxygens (including phenoxy) is 1. The third-order valence-electron chi connectivity index (χ3n) is 6.96. The van der Waals surface area contributed by atoms with Gasteiger partial charge in [-0.05, 0) is 49.6 Å². The van der Waals surface area contributed by atoms with Crippen LogP contribution in [0.15, 0.2) is 41.2 Å². The summed E-state index contributed by atoms with van der Waals surface area (Å²) < 4.78 is 6.83. The van der Waals surface area contributed by atoms with Crippen LogP contribution in [-0.2, 0) is 7.05 Å². The number of piperazine rings is 1. The van der Waals surface area contributed by atoms with Crippen LogP contribution in [0.4, 0.5) is 5.82 Å². The van der Waals surface area contributed by atoms with E-state index in [-0.39, 0.29) is 23.8 Å². The number of methoxy groups -OCH3 is 1. The van der Waals surface area contributed by atoms with E-state index in [0.717, 1.165) is 31.7 Å². The van der Waals surface area contributed by atoms with E-state index in [0.29, 0.717) is 22.5 Å². The monoisotopic (exact) mass is 460 g/mol. The van der Waals surface area contributed by atoms with Crippen molar-refractivity contribution in [2.45, 2.75) is 51.7 Å². The lowest BCUT2D eigenvalue weighted by atomic mass is 9.96. The van der Waals surface area contributed by atoms with Crippen molar-refractivity contribution in [1.29, 1.82) is 5.26 Å². The van der Waals surface area contributed by atoms with E-state index in [1.54, 1.807) is 26.3 Å². The Balaban J connectivity index is 1.71. The fraction of sp³-hybridized carbons (Fsp3) is 0.462. The second-order valence-corrected chi connectivity index (χ2v) is 8.91. The van der Waals surface area contributed by atoms with Crippen LogP contribution in [0.1, 0.15) is 50.9 Å². The molecule has 3 aromatic rings. The van der Waals surface area contributed by atoms with Crippen LogP contribution in [-0.4, -0.2) is 51.7 Å². The number of hydrogen-bond donors (Lipinski definition) is 0. The van der Waals surface area contributed by atoms with Gasteiger partial charge >= 0.3 is 5.69 Å². The van der Waals surface area contributed by atoms with Gasteiger partial charge in [0, 0.05) is 38.3 Å². The molecule has 178 valence electrons. The molecular weight excluding hydrogens is 428 g/mol. The van der Waals surface area contributed by atoms with Crippen LogP contribution < -0.4 is 15.3 Å². The van der Waals surface area contributed by atoms with Crippen LogP contribution in [0, 0.1) is 11.3 Å². The van der Waals surface area contributed by atoms with E-state index in [2.05, 4.69) is 58.7 Å². The Morgan fingerprint density at radius 3 is 2.50 bits per heavy atom. The highest BCUT2D eigenvalue weighted by molar-refractivity contribution is 5.86. The first-order valence-electron chi connectivity index (χ1n) is 11.9. The van der Waals surface area contributed by atoms with Gasteiger partial charge in [-0.15, -0.1) is 0 Å². The number of nitriles is 1. The molecule has 8 heteroatoms. The molecule has 0 saturated carbocycles. The molecule has 8 nitrogen and oxygen atoms in total. The smallest absolute Gasteiger partial charge is 0.349 e. The maximum atomic E-state index is 12.7. The zero-order valence-corrected chi connectivity index (χ0v) is 20.5. The highest BCUT2D eigenvalue weighted by Crippen LogP contribution is 2.34. The summed E-state index contributed by atoms with van der Waals surface area (Å²) in [6.07, 6.45) is 1.96. The number of fused-ring (bicyclic) bond motifs is 1. The van der Waals surface area contributed by atoms with Crippen molar-refractivity contribution >= 4 is 16.9 Å².